The number of para-hydroxylation sites is 2. The van der Waals surface area contributed by atoms with Gasteiger partial charge in [0.05, 0.1) is 22.9 Å². The fraction of sp³-hybridized carbons (Fsp3) is 0.556. The first-order chi connectivity index (χ1) is 10.3. The number of hydrogen-bond donors (Lipinski definition) is 1. The summed E-state index contributed by atoms with van der Waals surface area (Å²) in [5.41, 5.74) is 3.01. The van der Waals surface area contributed by atoms with Crippen molar-refractivity contribution < 1.29 is 0 Å². The van der Waals surface area contributed by atoms with E-state index in [1.807, 2.05) is 30.5 Å². The number of fused-ring (bicyclic) bond motifs is 3. The molecule has 3 nitrogen and oxygen atoms in total. The third-order valence-corrected chi connectivity index (χ3v) is 5.54. The van der Waals surface area contributed by atoms with Gasteiger partial charge in [-0.2, -0.15) is 0 Å². The number of aromatic nitrogens is 2. The number of nitrogens with one attached hydrogen (secondary N) is 1. The van der Waals surface area contributed by atoms with Crippen LogP contribution in [0.4, 0.5) is 0 Å². The maximum absolute atomic E-state index is 4.70. The number of nitrogens with zero attached hydrogens (tertiary/aromatic N) is 2. The van der Waals surface area contributed by atoms with Gasteiger partial charge in [-0.1, -0.05) is 18.6 Å². The van der Waals surface area contributed by atoms with Crippen LogP contribution in [0.25, 0.3) is 11.0 Å². The van der Waals surface area contributed by atoms with Crippen LogP contribution >= 0.6 is 0 Å². The number of hydrogen-bond acceptors (Lipinski definition) is 3. The quantitative estimate of drug-likeness (QED) is 0.931. The summed E-state index contributed by atoms with van der Waals surface area (Å²) >= 11 is 0. The largest absolute Gasteiger partial charge is 0.308 e. The van der Waals surface area contributed by atoms with Crippen molar-refractivity contribution in [2.45, 2.75) is 45.2 Å². The molecule has 1 heterocycles. The van der Waals surface area contributed by atoms with Gasteiger partial charge in [0.15, 0.2) is 0 Å². The average molecular weight is 281 g/mol. The van der Waals surface area contributed by atoms with E-state index in [9.17, 15) is 0 Å². The van der Waals surface area contributed by atoms with Crippen LogP contribution in [-0.2, 0) is 6.54 Å². The standard InChI is InChI=1S/C18H23N3/c1-12(16-9-13-6-7-14(16)8-13)19-10-15-11-20-17-4-2-3-5-18(17)21-15/h2-5,11-14,16,19H,6-10H2,1H3. The Kier molecular flexibility index (Phi) is 3.38. The second-order valence-corrected chi connectivity index (χ2v) is 6.86. The van der Waals surface area contributed by atoms with E-state index < -0.39 is 0 Å². The van der Waals surface area contributed by atoms with Crippen molar-refractivity contribution in [2.24, 2.45) is 17.8 Å². The van der Waals surface area contributed by atoms with Crippen LogP contribution in [-0.4, -0.2) is 16.0 Å². The Morgan fingerprint density at radius 2 is 2.05 bits per heavy atom. The van der Waals surface area contributed by atoms with Crippen LogP contribution in [0.3, 0.4) is 0 Å². The van der Waals surface area contributed by atoms with Crippen LogP contribution in [0, 0.1) is 17.8 Å². The molecular formula is C18H23N3. The molecule has 110 valence electrons. The normalized spacial score (nSPS) is 29.1. The molecular weight excluding hydrogens is 258 g/mol. The molecule has 4 atom stereocenters. The zero-order valence-corrected chi connectivity index (χ0v) is 12.6. The Morgan fingerprint density at radius 3 is 2.81 bits per heavy atom. The molecule has 0 spiro atoms. The Hall–Kier alpha value is -1.48. The molecule has 4 unspecified atom stereocenters. The molecule has 0 saturated heterocycles. The lowest BCUT2D eigenvalue weighted by molar-refractivity contribution is 0.259. The maximum Gasteiger partial charge on any atom is 0.0890 e. The van der Waals surface area contributed by atoms with Crippen LogP contribution in [0.1, 0.15) is 38.3 Å². The summed E-state index contributed by atoms with van der Waals surface area (Å²) in [6, 6.07) is 8.66. The van der Waals surface area contributed by atoms with E-state index in [1.54, 1.807) is 0 Å². The first-order valence-corrected chi connectivity index (χ1v) is 8.23. The Morgan fingerprint density at radius 1 is 1.19 bits per heavy atom. The number of rotatable bonds is 4. The lowest BCUT2D eigenvalue weighted by atomic mass is 9.84. The number of benzene rings is 1. The molecule has 4 rings (SSSR count). The van der Waals surface area contributed by atoms with Gasteiger partial charge in [-0.05, 0) is 56.1 Å². The molecule has 0 radical (unpaired) electrons. The zero-order valence-electron chi connectivity index (χ0n) is 12.6. The molecule has 2 aliphatic rings. The minimum atomic E-state index is 0.591. The molecule has 2 saturated carbocycles. The van der Waals surface area contributed by atoms with E-state index in [0.29, 0.717) is 6.04 Å². The first kappa shape index (κ1) is 13.2. The Labute approximate surface area is 126 Å². The van der Waals surface area contributed by atoms with Crippen molar-refractivity contribution in [1.82, 2.24) is 15.3 Å². The van der Waals surface area contributed by atoms with Gasteiger partial charge in [0.1, 0.15) is 0 Å². The van der Waals surface area contributed by atoms with Gasteiger partial charge in [0.25, 0.3) is 0 Å². The van der Waals surface area contributed by atoms with Gasteiger partial charge < -0.3 is 5.32 Å². The maximum atomic E-state index is 4.70. The fourth-order valence-corrected chi connectivity index (χ4v) is 4.40. The van der Waals surface area contributed by atoms with Crippen LogP contribution < -0.4 is 5.32 Å². The van der Waals surface area contributed by atoms with Gasteiger partial charge in [0, 0.05) is 12.6 Å². The summed E-state index contributed by atoms with van der Waals surface area (Å²) in [4.78, 5) is 9.19. The smallest absolute Gasteiger partial charge is 0.0890 e. The van der Waals surface area contributed by atoms with E-state index >= 15 is 0 Å². The summed E-state index contributed by atoms with van der Waals surface area (Å²) in [5.74, 6) is 2.86. The average Bonchev–Trinajstić information content (AvgIpc) is 3.15. The van der Waals surface area contributed by atoms with Crippen molar-refractivity contribution in [3.63, 3.8) is 0 Å². The van der Waals surface area contributed by atoms with Crippen LogP contribution in [0.5, 0.6) is 0 Å². The third-order valence-electron chi connectivity index (χ3n) is 5.54. The monoisotopic (exact) mass is 281 g/mol. The highest BCUT2D eigenvalue weighted by molar-refractivity contribution is 5.73. The predicted octanol–water partition coefficient (Wildman–Crippen LogP) is 3.54. The van der Waals surface area contributed by atoms with E-state index in [1.165, 1.54) is 25.7 Å². The summed E-state index contributed by atoms with van der Waals surface area (Å²) in [6.07, 6.45) is 7.75. The topological polar surface area (TPSA) is 37.8 Å². The van der Waals surface area contributed by atoms with Crippen molar-refractivity contribution >= 4 is 11.0 Å². The SMILES string of the molecule is CC(NCc1cnc2ccccc2n1)C1CC2CCC1C2. The van der Waals surface area contributed by atoms with Gasteiger partial charge >= 0.3 is 0 Å². The van der Waals surface area contributed by atoms with Crippen molar-refractivity contribution in [1.29, 1.82) is 0 Å². The summed E-state index contributed by atoms with van der Waals surface area (Å²) < 4.78 is 0. The first-order valence-electron chi connectivity index (χ1n) is 8.23. The molecule has 2 aliphatic carbocycles. The highest BCUT2D eigenvalue weighted by Crippen LogP contribution is 2.49. The molecule has 2 fully saturated rings. The lowest BCUT2D eigenvalue weighted by Crippen LogP contribution is -2.36. The lowest BCUT2D eigenvalue weighted by Gasteiger charge is -2.28. The van der Waals surface area contributed by atoms with Gasteiger partial charge in [-0.3, -0.25) is 4.98 Å². The van der Waals surface area contributed by atoms with Crippen LogP contribution in [0.2, 0.25) is 0 Å². The fourth-order valence-electron chi connectivity index (χ4n) is 4.40. The van der Waals surface area contributed by atoms with Crippen LogP contribution in [0.15, 0.2) is 30.5 Å². The molecule has 0 aliphatic heterocycles. The second-order valence-electron chi connectivity index (χ2n) is 6.86. The summed E-state index contributed by atoms with van der Waals surface area (Å²) in [5, 5.41) is 3.69. The molecule has 1 aromatic carbocycles. The molecule has 1 N–H and O–H groups in total. The van der Waals surface area contributed by atoms with E-state index in [2.05, 4.69) is 17.2 Å². The van der Waals surface area contributed by atoms with E-state index in [4.69, 9.17) is 4.98 Å². The van der Waals surface area contributed by atoms with Gasteiger partial charge in [0.2, 0.25) is 0 Å². The summed E-state index contributed by atoms with van der Waals surface area (Å²) in [7, 11) is 0. The van der Waals surface area contributed by atoms with E-state index in [0.717, 1.165) is 41.0 Å². The summed E-state index contributed by atoms with van der Waals surface area (Å²) in [6.45, 7) is 3.17. The minimum absolute atomic E-state index is 0.591. The van der Waals surface area contributed by atoms with Crippen molar-refractivity contribution in [3.8, 4) is 0 Å². The molecule has 2 bridgehead atoms. The zero-order chi connectivity index (χ0) is 14.2. The highest BCUT2D eigenvalue weighted by atomic mass is 14.9. The molecule has 21 heavy (non-hydrogen) atoms. The Bertz CT molecular complexity index is 639. The van der Waals surface area contributed by atoms with Gasteiger partial charge in [-0.15, -0.1) is 0 Å². The molecule has 3 heteroatoms. The third kappa shape index (κ3) is 2.55. The Balaban J connectivity index is 1.41. The second kappa shape index (κ2) is 5.38. The highest BCUT2D eigenvalue weighted by Gasteiger charge is 2.41. The van der Waals surface area contributed by atoms with Crippen molar-refractivity contribution in [3.05, 3.63) is 36.2 Å². The molecule has 1 aromatic heterocycles. The van der Waals surface area contributed by atoms with Crippen molar-refractivity contribution in [2.75, 3.05) is 0 Å². The molecule has 2 aromatic rings. The predicted molar refractivity (Wildman–Crippen MR) is 84.8 cm³/mol. The molecule has 0 amide bonds. The minimum Gasteiger partial charge on any atom is -0.308 e. The van der Waals surface area contributed by atoms with E-state index in [-0.39, 0.29) is 0 Å². The van der Waals surface area contributed by atoms with Gasteiger partial charge in [-0.25, -0.2) is 4.98 Å².